The maximum Gasteiger partial charge on any atom is 0.306 e. The van der Waals surface area contributed by atoms with Crippen molar-refractivity contribution in [3.05, 3.63) is 0 Å². The molecular formula is C13H26O2. The summed E-state index contributed by atoms with van der Waals surface area (Å²) in [5.41, 5.74) is 0. The Labute approximate surface area is 94.1 Å². The number of aliphatic carboxylic acids is 1. The van der Waals surface area contributed by atoms with Crippen molar-refractivity contribution < 1.29 is 9.90 Å². The number of carboxylic acids is 1. The Morgan fingerprint density at radius 2 is 1.53 bits per heavy atom. The minimum Gasteiger partial charge on any atom is -0.481 e. The summed E-state index contributed by atoms with van der Waals surface area (Å²) < 4.78 is 0. The standard InChI is InChI=1S/C7H12O2.C6H14/c8-7(9)6-4-2-1-3-5-6;1-3-5-6-4-2/h6H,1-5H2,(H,8,9);3-6H2,1-2H3. The molecule has 0 unspecified atom stereocenters. The molecule has 0 radical (unpaired) electrons. The number of unbranched alkanes of at least 4 members (excludes halogenated alkanes) is 3. The molecule has 2 heteroatoms. The van der Waals surface area contributed by atoms with Crippen LogP contribution in [-0.2, 0) is 4.79 Å². The van der Waals surface area contributed by atoms with E-state index in [1.54, 1.807) is 0 Å². The first kappa shape index (κ1) is 14.5. The van der Waals surface area contributed by atoms with Crippen LogP contribution in [0.3, 0.4) is 0 Å². The molecule has 1 saturated carbocycles. The third-order valence-electron chi connectivity index (χ3n) is 2.91. The first-order chi connectivity index (χ1) is 7.22. The summed E-state index contributed by atoms with van der Waals surface area (Å²) in [7, 11) is 0. The number of rotatable bonds is 4. The van der Waals surface area contributed by atoms with Crippen LogP contribution in [0.2, 0.25) is 0 Å². The average molecular weight is 214 g/mol. The Kier molecular flexibility index (Phi) is 9.65. The van der Waals surface area contributed by atoms with Crippen molar-refractivity contribution in [2.75, 3.05) is 0 Å². The van der Waals surface area contributed by atoms with Crippen molar-refractivity contribution in [1.82, 2.24) is 0 Å². The number of hydrogen-bond acceptors (Lipinski definition) is 1. The highest BCUT2D eigenvalue weighted by atomic mass is 16.4. The van der Waals surface area contributed by atoms with Crippen molar-refractivity contribution >= 4 is 5.97 Å². The van der Waals surface area contributed by atoms with Crippen LogP contribution in [0.5, 0.6) is 0 Å². The zero-order chi connectivity index (χ0) is 11.5. The molecule has 1 aliphatic rings. The van der Waals surface area contributed by atoms with E-state index in [4.69, 9.17) is 5.11 Å². The Hall–Kier alpha value is -0.530. The van der Waals surface area contributed by atoms with Gasteiger partial charge in [-0.15, -0.1) is 0 Å². The molecule has 90 valence electrons. The molecule has 0 aliphatic heterocycles. The fraction of sp³-hybridized carbons (Fsp3) is 0.923. The molecule has 0 aromatic heterocycles. The molecule has 0 amide bonds. The van der Waals surface area contributed by atoms with E-state index in [0.29, 0.717) is 0 Å². The van der Waals surface area contributed by atoms with Gasteiger partial charge in [-0.1, -0.05) is 58.8 Å². The monoisotopic (exact) mass is 214 g/mol. The van der Waals surface area contributed by atoms with E-state index in [1.165, 1.54) is 32.1 Å². The molecule has 1 aliphatic carbocycles. The summed E-state index contributed by atoms with van der Waals surface area (Å²) in [5, 5.41) is 8.54. The number of carboxylic acid groups (broad SMARTS) is 1. The van der Waals surface area contributed by atoms with Gasteiger partial charge < -0.3 is 5.11 Å². The molecule has 1 rings (SSSR count). The Bertz CT molecular complexity index is 145. The van der Waals surface area contributed by atoms with E-state index >= 15 is 0 Å². The zero-order valence-corrected chi connectivity index (χ0v) is 10.3. The third-order valence-corrected chi connectivity index (χ3v) is 2.91. The van der Waals surface area contributed by atoms with Crippen molar-refractivity contribution in [3.63, 3.8) is 0 Å². The fourth-order valence-electron chi connectivity index (χ4n) is 1.85. The predicted octanol–water partition coefficient (Wildman–Crippen LogP) is 4.24. The maximum absolute atomic E-state index is 10.4. The van der Waals surface area contributed by atoms with Crippen LogP contribution in [0.15, 0.2) is 0 Å². The van der Waals surface area contributed by atoms with Gasteiger partial charge in [0.25, 0.3) is 0 Å². The molecule has 0 aromatic rings. The lowest BCUT2D eigenvalue weighted by Crippen LogP contribution is -2.16. The van der Waals surface area contributed by atoms with Gasteiger partial charge >= 0.3 is 5.97 Å². The first-order valence-electron chi connectivity index (χ1n) is 6.45. The van der Waals surface area contributed by atoms with E-state index in [1.807, 2.05) is 0 Å². The van der Waals surface area contributed by atoms with E-state index in [-0.39, 0.29) is 5.92 Å². The SMILES string of the molecule is CCCCCC.O=C(O)C1CCCCC1. The van der Waals surface area contributed by atoms with Crippen LogP contribution in [0, 0.1) is 5.92 Å². The predicted molar refractivity (Wildman–Crippen MR) is 64.0 cm³/mol. The van der Waals surface area contributed by atoms with Gasteiger partial charge in [-0.3, -0.25) is 4.79 Å². The van der Waals surface area contributed by atoms with Crippen molar-refractivity contribution in [2.24, 2.45) is 5.92 Å². The summed E-state index contributed by atoms with van der Waals surface area (Å²) in [6.45, 7) is 4.46. The van der Waals surface area contributed by atoms with E-state index in [0.717, 1.165) is 25.7 Å². The molecule has 0 atom stereocenters. The molecule has 0 bridgehead atoms. The van der Waals surface area contributed by atoms with Crippen LogP contribution in [0.25, 0.3) is 0 Å². The van der Waals surface area contributed by atoms with Crippen LogP contribution in [0.1, 0.15) is 71.6 Å². The minimum atomic E-state index is -0.602. The second-order valence-electron chi connectivity index (χ2n) is 4.38. The summed E-state index contributed by atoms with van der Waals surface area (Å²) in [6, 6.07) is 0. The fourth-order valence-corrected chi connectivity index (χ4v) is 1.85. The maximum atomic E-state index is 10.4. The van der Waals surface area contributed by atoms with Gasteiger partial charge in [0.1, 0.15) is 0 Å². The molecule has 0 heterocycles. The number of carbonyl (C=O) groups is 1. The van der Waals surface area contributed by atoms with Gasteiger partial charge in [0.05, 0.1) is 5.92 Å². The van der Waals surface area contributed by atoms with Gasteiger partial charge in [0.15, 0.2) is 0 Å². The summed E-state index contributed by atoms with van der Waals surface area (Å²) >= 11 is 0. The van der Waals surface area contributed by atoms with Crippen LogP contribution >= 0.6 is 0 Å². The minimum absolute atomic E-state index is 0.0289. The topological polar surface area (TPSA) is 37.3 Å². The molecule has 15 heavy (non-hydrogen) atoms. The molecule has 1 fully saturated rings. The summed E-state index contributed by atoms with van der Waals surface area (Å²) in [5.74, 6) is -0.631. The second kappa shape index (κ2) is 10.0. The lowest BCUT2D eigenvalue weighted by atomic mass is 9.90. The van der Waals surface area contributed by atoms with Gasteiger partial charge in [-0.2, -0.15) is 0 Å². The van der Waals surface area contributed by atoms with Crippen LogP contribution < -0.4 is 0 Å². The normalized spacial score (nSPS) is 16.7. The van der Waals surface area contributed by atoms with Gasteiger partial charge in [0, 0.05) is 0 Å². The molecule has 0 spiro atoms. The molecule has 2 nitrogen and oxygen atoms in total. The van der Waals surface area contributed by atoms with Gasteiger partial charge in [-0.05, 0) is 12.8 Å². The Morgan fingerprint density at radius 3 is 1.80 bits per heavy atom. The van der Waals surface area contributed by atoms with E-state index in [2.05, 4.69) is 13.8 Å². The highest BCUT2D eigenvalue weighted by molar-refractivity contribution is 5.69. The third kappa shape index (κ3) is 8.46. The molecular weight excluding hydrogens is 188 g/mol. The first-order valence-corrected chi connectivity index (χ1v) is 6.45. The lowest BCUT2D eigenvalue weighted by molar-refractivity contribution is -0.142. The van der Waals surface area contributed by atoms with Crippen molar-refractivity contribution in [2.45, 2.75) is 71.6 Å². The molecule has 0 aromatic carbocycles. The quantitative estimate of drug-likeness (QED) is 0.711. The van der Waals surface area contributed by atoms with Gasteiger partial charge in [-0.25, -0.2) is 0 Å². The summed E-state index contributed by atoms with van der Waals surface area (Å²) in [6.07, 6.45) is 10.8. The van der Waals surface area contributed by atoms with Gasteiger partial charge in [0.2, 0.25) is 0 Å². The van der Waals surface area contributed by atoms with Crippen LogP contribution in [0.4, 0.5) is 0 Å². The average Bonchev–Trinajstić information content (AvgIpc) is 2.28. The summed E-state index contributed by atoms with van der Waals surface area (Å²) in [4.78, 5) is 10.4. The highest BCUT2D eigenvalue weighted by Crippen LogP contribution is 2.23. The smallest absolute Gasteiger partial charge is 0.306 e. The van der Waals surface area contributed by atoms with Crippen molar-refractivity contribution in [3.8, 4) is 0 Å². The number of hydrogen-bond donors (Lipinski definition) is 1. The second-order valence-corrected chi connectivity index (χ2v) is 4.38. The van der Waals surface area contributed by atoms with E-state index < -0.39 is 5.97 Å². The lowest BCUT2D eigenvalue weighted by Gasteiger charge is -2.16. The molecule has 0 saturated heterocycles. The Morgan fingerprint density at radius 1 is 1.07 bits per heavy atom. The van der Waals surface area contributed by atoms with Crippen LogP contribution in [-0.4, -0.2) is 11.1 Å². The van der Waals surface area contributed by atoms with Crippen molar-refractivity contribution in [1.29, 1.82) is 0 Å². The molecule has 1 N–H and O–H groups in total. The Balaban J connectivity index is 0.000000288. The van der Waals surface area contributed by atoms with E-state index in [9.17, 15) is 4.79 Å². The largest absolute Gasteiger partial charge is 0.481 e. The zero-order valence-electron chi connectivity index (χ0n) is 10.3. The highest BCUT2D eigenvalue weighted by Gasteiger charge is 2.19.